The van der Waals surface area contributed by atoms with Gasteiger partial charge in [0.2, 0.25) is 5.91 Å². The predicted octanol–water partition coefficient (Wildman–Crippen LogP) is 0.940. The van der Waals surface area contributed by atoms with Crippen LogP contribution in [0.4, 0.5) is 13.2 Å². The minimum absolute atomic E-state index is 0.215. The lowest BCUT2D eigenvalue weighted by Gasteiger charge is -2.20. The molecule has 2 aromatic rings. The number of halogens is 3. The van der Waals surface area contributed by atoms with Gasteiger partial charge < -0.3 is 30.8 Å². The summed E-state index contributed by atoms with van der Waals surface area (Å²) >= 11 is 0. The Bertz CT molecular complexity index is 1130. The van der Waals surface area contributed by atoms with Crippen LogP contribution in [0.5, 0.6) is 0 Å². The SMILES string of the molecule is CCC[C@H](NC(=O)[C@H](COC(=O)c1ccccc1)CC(=O)[C@@H]([NH3+])Cc1ccccc1)C(=O)O.O=C([O-])C(F)(F)F. The highest BCUT2D eigenvalue weighted by Crippen LogP contribution is 2.13. The van der Waals surface area contributed by atoms with Crippen LogP contribution in [0.2, 0.25) is 0 Å². The van der Waals surface area contributed by atoms with Crippen LogP contribution in [0.3, 0.4) is 0 Å². The number of carbonyl (C=O) groups excluding carboxylic acids is 4. The van der Waals surface area contributed by atoms with Crippen molar-refractivity contribution in [3.05, 3.63) is 71.8 Å². The molecule has 0 aliphatic carbocycles. The third kappa shape index (κ3) is 12.5. The second kappa shape index (κ2) is 16.6. The molecule has 0 fully saturated rings. The van der Waals surface area contributed by atoms with Gasteiger partial charge in [-0.1, -0.05) is 61.9 Å². The van der Waals surface area contributed by atoms with E-state index in [-0.39, 0.29) is 25.2 Å². The topological polar surface area (TPSA) is 178 Å². The van der Waals surface area contributed by atoms with Crippen LogP contribution in [-0.2, 0) is 30.3 Å². The number of carboxylic acids is 2. The largest absolute Gasteiger partial charge is 0.542 e. The molecule has 0 bridgehead atoms. The molecule has 10 nitrogen and oxygen atoms in total. The standard InChI is InChI=1S/C25H30N2O6.C2HF3O2/c1-2-9-21(24(30)31)27-23(29)19(16-33-25(32)18-12-7-4-8-13-18)15-22(28)20(26)14-17-10-5-3-6-11-17;3-2(4,5)1(6)7/h3-8,10-13,19-21H,2,9,14-16,26H2,1H3,(H,27,29)(H,30,31);(H,6,7)/t19-,20-,21-;/m0./s1. The number of quaternary nitrogens is 1. The fourth-order valence-corrected chi connectivity index (χ4v) is 3.32. The summed E-state index contributed by atoms with van der Waals surface area (Å²) in [5.74, 6) is -6.72. The third-order valence-corrected chi connectivity index (χ3v) is 5.45. The van der Waals surface area contributed by atoms with Crippen molar-refractivity contribution in [2.45, 2.75) is 50.9 Å². The average molecular weight is 569 g/mol. The van der Waals surface area contributed by atoms with Gasteiger partial charge in [-0.05, 0) is 24.1 Å². The Morgan fingerprint density at radius 3 is 2.00 bits per heavy atom. The van der Waals surface area contributed by atoms with Gasteiger partial charge in [0.15, 0.2) is 5.78 Å². The second-order valence-corrected chi connectivity index (χ2v) is 8.69. The molecule has 0 saturated carbocycles. The zero-order chi connectivity index (χ0) is 30.3. The van der Waals surface area contributed by atoms with Gasteiger partial charge in [-0.3, -0.25) is 9.59 Å². The lowest BCUT2D eigenvalue weighted by Crippen LogP contribution is -2.66. The number of amides is 1. The molecule has 0 saturated heterocycles. The molecule has 40 heavy (non-hydrogen) atoms. The Morgan fingerprint density at radius 2 is 1.52 bits per heavy atom. The molecule has 5 N–H and O–H groups in total. The quantitative estimate of drug-likeness (QED) is 0.299. The van der Waals surface area contributed by atoms with Gasteiger partial charge in [0.1, 0.15) is 24.7 Å². The summed E-state index contributed by atoms with van der Waals surface area (Å²) < 4.78 is 36.8. The highest BCUT2D eigenvalue weighted by Gasteiger charge is 2.31. The molecule has 3 atom stereocenters. The summed E-state index contributed by atoms with van der Waals surface area (Å²) in [7, 11) is 0. The van der Waals surface area contributed by atoms with Crippen molar-refractivity contribution in [3.63, 3.8) is 0 Å². The number of Topliss-reactive ketones (excluding diaryl/α,β-unsaturated/α-hetero) is 1. The summed E-state index contributed by atoms with van der Waals surface area (Å²) in [6.07, 6.45) is -4.20. The number of esters is 1. The van der Waals surface area contributed by atoms with Crippen LogP contribution in [-0.4, -0.2) is 59.6 Å². The molecule has 13 heteroatoms. The fourth-order valence-electron chi connectivity index (χ4n) is 3.32. The van der Waals surface area contributed by atoms with E-state index in [0.29, 0.717) is 18.4 Å². The van der Waals surface area contributed by atoms with Crippen molar-refractivity contribution in [3.8, 4) is 0 Å². The van der Waals surface area contributed by atoms with E-state index < -0.39 is 48.0 Å². The van der Waals surface area contributed by atoms with Gasteiger partial charge in [0.25, 0.3) is 0 Å². The van der Waals surface area contributed by atoms with E-state index in [1.54, 1.807) is 30.3 Å². The number of ether oxygens (including phenoxy) is 1. The third-order valence-electron chi connectivity index (χ3n) is 5.45. The smallest absolute Gasteiger partial charge is 0.430 e. The first-order chi connectivity index (χ1) is 18.8. The van der Waals surface area contributed by atoms with E-state index in [0.717, 1.165) is 5.56 Å². The molecule has 0 unspecified atom stereocenters. The highest BCUT2D eigenvalue weighted by molar-refractivity contribution is 5.92. The van der Waals surface area contributed by atoms with Crippen LogP contribution in [0.15, 0.2) is 60.7 Å². The molecule has 0 radical (unpaired) electrons. The van der Waals surface area contributed by atoms with Crippen LogP contribution < -0.4 is 16.2 Å². The molecule has 1 amide bonds. The predicted molar refractivity (Wildman–Crippen MR) is 132 cm³/mol. The number of carboxylic acid groups (broad SMARTS) is 2. The van der Waals surface area contributed by atoms with Crippen LogP contribution in [0, 0.1) is 5.92 Å². The first kappa shape index (κ1) is 33.8. The van der Waals surface area contributed by atoms with E-state index >= 15 is 0 Å². The lowest BCUT2D eigenvalue weighted by molar-refractivity contribution is -0.402. The number of nitrogens with one attached hydrogen (secondary N) is 1. The van der Waals surface area contributed by atoms with Crippen LogP contribution in [0.25, 0.3) is 0 Å². The highest BCUT2D eigenvalue weighted by atomic mass is 19.4. The Labute approximate surface area is 228 Å². The number of ketones is 1. The number of carbonyl (C=O) groups is 5. The molecule has 0 heterocycles. The molecule has 2 rings (SSSR count). The number of rotatable bonds is 13. The van der Waals surface area contributed by atoms with Gasteiger partial charge in [-0.25, -0.2) is 9.59 Å². The Kier molecular flexibility index (Phi) is 14.1. The normalized spacial score (nSPS) is 13.0. The maximum absolute atomic E-state index is 12.9. The number of benzene rings is 2. The number of aliphatic carboxylic acids is 2. The van der Waals surface area contributed by atoms with Crippen molar-refractivity contribution in [1.82, 2.24) is 5.32 Å². The van der Waals surface area contributed by atoms with Crippen LogP contribution >= 0.6 is 0 Å². The minimum atomic E-state index is -5.19. The van der Waals surface area contributed by atoms with Crippen molar-refractivity contribution in [1.29, 1.82) is 0 Å². The second-order valence-electron chi connectivity index (χ2n) is 8.69. The lowest BCUT2D eigenvalue weighted by atomic mass is 9.94. The molecular weight excluding hydrogens is 537 g/mol. The average Bonchev–Trinajstić information content (AvgIpc) is 2.91. The minimum Gasteiger partial charge on any atom is -0.542 e. The van der Waals surface area contributed by atoms with Gasteiger partial charge in [0.05, 0.1) is 11.5 Å². The van der Waals surface area contributed by atoms with Gasteiger partial charge in [0, 0.05) is 12.8 Å². The van der Waals surface area contributed by atoms with Gasteiger partial charge >= 0.3 is 18.1 Å². The monoisotopic (exact) mass is 568 g/mol. The molecular formula is C27H31F3N2O8. The molecule has 218 valence electrons. The first-order valence-electron chi connectivity index (χ1n) is 12.2. The summed E-state index contributed by atoms with van der Waals surface area (Å²) in [5.41, 5.74) is 5.18. The number of alkyl halides is 3. The van der Waals surface area contributed by atoms with Crippen molar-refractivity contribution in [2.24, 2.45) is 5.92 Å². The summed E-state index contributed by atoms with van der Waals surface area (Å²) in [4.78, 5) is 58.2. The van der Waals surface area contributed by atoms with Crippen molar-refractivity contribution < 1.29 is 57.8 Å². The number of hydrogen-bond donors (Lipinski definition) is 3. The first-order valence-corrected chi connectivity index (χ1v) is 12.2. The summed E-state index contributed by atoms with van der Waals surface area (Å²) in [6.45, 7) is 1.46. The molecule has 0 aliphatic heterocycles. The maximum atomic E-state index is 12.9. The summed E-state index contributed by atoms with van der Waals surface area (Å²) in [6, 6.07) is 16.0. The van der Waals surface area contributed by atoms with Gasteiger partial charge in [-0.15, -0.1) is 0 Å². The fraction of sp³-hybridized carbons (Fsp3) is 0.370. The van der Waals surface area contributed by atoms with Crippen molar-refractivity contribution in [2.75, 3.05) is 6.61 Å². The zero-order valence-corrected chi connectivity index (χ0v) is 21.7. The molecule has 0 aliphatic rings. The van der Waals surface area contributed by atoms with E-state index in [4.69, 9.17) is 14.6 Å². The zero-order valence-electron chi connectivity index (χ0n) is 21.7. The Hall–Kier alpha value is -4.26. The van der Waals surface area contributed by atoms with Crippen molar-refractivity contribution >= 4 is 29.6 Å². The maximum Gasteiger partial charge on any atom is 0.430 e. The van der Waals surface area contributed by atoms with Gasteiger partial charge in [-0.2, -0.15) is 13.2 Å². The number of hydrogen-bond acceptors (Lipinski definition) is 7. The molecule has 0 aromatic heterocycles. The van der Waals surface area contributed by atoms with E-state index in [1.807, 2.05) is 37.3 Å². The Balaban J connectivity index is 0.00000101. The molecule has 0 spiro atoms. The van der Waals surface area contributed by atoms with E-state index in [1.165, 1.54) is 0 Å². The van der Waals surface area contributed by atoms with E-state index in [2.05, 4.69) is 11.1 Å². The van der Waals surface area contributed by atoms with Crippen LogP contribution in [0.1, 0.15) is 42.1 Å². The summed E-state index contributed by atoms with van der Waals surface area (Å²) in [5, 5.41) is 20.6. The molecule has 2 aromatic carbocycles. The van der Waals surface area contributed by atoms with E-state index in [9.17, 15) is 37.5 Å². The Morgan fingerprint density at radius 1 is 1.00 bits per heavy atom.